The maximum absolute atomic E-state index is 5.76. The normalized spacial score (nSPS) is 10.5. The minimum atomic E-state index is 0.467. The van der Waals surface area contributed by atoms with Gasteiger partial charge in [0, 0.05) is 30.1 Å². The van der Waals surface area contributed by atoms with Gasteiger partial charge in [0.05, 0.1) is 30.5 Å². The molecule has 3 N–H and O–H groups in total. The second-order valence-corrected chi connectivity index (χ2v) is 5.99. The van der Waals surface area contributed by atoms with E-state index in [1.54, 1.807) is 26.5 Å². The van der Waals surface area contributed by atoms with Gasteiger partial charge < -0.3 is 20.5 Å². The highest BCUT2D eigenvalue weighted by molar-refractivity contribution is 7.18. The zero-order valence-electron chi connectivity index (χ0n) is 13.5. The SMILES string of the molecule is COc1cc(Nc2nccc(-c3sc(N)nc3C)n2)cc(OC)c1. The van der Waals surface area contributed by atoms with E-state index >= 15 is 0 Å². The van der Waals surface area contributed by atoms with Crippen LogP contribution in [0.3, 0.4) is 0 Å². The summed E-state index contributed by atoms with van der Waals surface area (Å²) >= 11 is 1.40. The number of nitrogens with one attached hydrogen (secondary N) is 1. The molecule has 7 nitrogen and oxygen atoms in total. The molecule has 0 bridgehead atoms. The summed E-state index contributed by atoms with van der Waals surface area (Å²) in [5.41, 5.74) is 8.15. The second kappa shape index (κ2) is 6.71. The molecule has 1 aromatic carbocycles. The highest BCUT2D eigenvalue weighted by Gasteiger charge is 2.11. The molecular weight excluding hydrogens is 326 g/mol. The van der Waals surface area contributed by atoms with Gasteiger partial charge in [0.1, 0.15) is 11.5 Å². The quantitative estimate of drug-likeness (QED) is 0.734. The van der Waals surface area contributed by atoms with Crippen molar-refractivity contribution in [3.8, 4) is 22.1 Å². The first-order valence-corrected chi connectivity index (χ1v) is 7.97. The Balaban J connectivity index is 1.91. The van der Waals surface area contributed by atoms with Gasteiger partial charge in [0.15, 0.2) is 5.13 Å². The molecule has 0 aliphatic heterocycles. The van der Waals surface area contributed by atoms with Gasteiger partial charge in [-0.05, 0) is 13.0 Å². The van der Waals surface area contributed by atoms with E-state index in [9.17, 15) is 0 Å². The van der Waals surface area contributed by atoms with Crippen molar-refractivity contribution in [2.45, 2.75) is 6.92 Å². The zero-order chi connectivity index (χ0) is 17.1. The van der Waals surface area contributed by atoms with Gasteiger partial charge in [0.25, 0.3) is 0 Å². The molecule has 0 spiro atoms. The van der Waals surface area contributed by atoms with Gasteiger partial charge >= 0.3 is 0 Å². The molecule has 2 aromatic heterocycles. The predicted octanol–water partition coefficient (Wildman–Crippen LogP) is 3.25. The summed E-state index contributed by atoms with van der Waals surface area (Å²) in [5.74, 6) is 1.83. The Labute approximate surface area is 143 Å². The molecule has 0 fully saturated rings. The fraction of sp³-hybridized carbons (Fsp3) is 0.188. The molecule has 24 heavy (non-hydrogen) atoms. The van der Waals surface area contributed by atoms with Gasteiger partial charge in [-0.2, -0.15) is 0 Å². The number of aryl methyl sites for hydroxylation is 1. The van der Waals surface area contributed by atoms with Gasteiger partial charge in [-0.25, -0.2) is 15.0 Å². The fourth-order valence-electron chi connectivity index (χ4n) is 2.21. The lowest BCUT2D eigenvalue weighted by atomic mass is 10.2. The summed E-state index contributed by atoms with van der Waals surface area (Å²) in [7, 11) is 3.21. The monoisotopic (exact) mass is 343 g/mol. The Morgan fingerprint density at radius 1 is 1.08 bits per heavy atom. The summed E-state index contributed by atoms with van der Waals surface area (Å²) in [6.07, 6.45) is 1.69. The number of nitrogens with two attached hydrogens (primary N) is 1. The molecule has 0 amide bonds. The summed E-state index contributed by atoms with van der Waals surface area (Å²) in [5, 5.41) is 3.68. The van der Waals surface area contributed by atoms with Gasteiger partial charge in [-0.15, -0.1) is 0 Å². The number of benzene rings is 1. The van der Waals surface area contributed by atoms with Crippen molar-refractivity contribution in [1.82, 2.24) is 15.0 Å². The van der Waals surface area contributed by atoms with Gasteiger partial charge in [-0.1, -0.05) is 11.3 Å². The summed E-state index contributed by atoms with van der Waals surface area (Å²) < 4.78 is 10.5. The number of aromatic nitrogens is 3. The number of thiazole rings is 1. The van der Waals surface area contributed by atoms with Crippen LogP contribution in [-0.2, 0) is 0 Å². The van der Waals surface area contributed by atoms with E-state index < -0.39 is 0 Å². The molecule has 3 aromatic rings. The zero-order valence-corrected chi connectivity index (χ0v) is 14.3. The Morgan fingerprint density at radius 2 is 1.79 bits per heavy atom. The summed E-state index contributed by atoms with van der Waals surface area (Å²) in [6.45, 7) is 1.91. The number of rotatable bonds is 5. The van der Waals surface area contributed by atoms with E-state index in [-0.39, 0.29) is 0 Å². The molecule has 0 atom stereocenters. The summed E-state index contributed by atoms with van der Waals surface area (Å²) in [6, 6.07) is 7.31. The van der Waals surface area contributed by atoms with E-state index in [1.807, 2.05) is 25.1 Å². The van der Waals surface area contributed by atoms with Crippen molar-refractivity contribution in [2.75, 3.05) is 25.3 Å². The highest BCUT2D eigenvalue weighted by atomic mass is 32.1. The van der Waals surface area contributed by atoms with Gasteiger partial charge in [0.2, 0.25) is 5.95 Å². The van der Waals surface area contributed by atoms with E-state index in [0.717, 1.165) is 22.0 Å². The molecule has 0 aliphatic carbocycles. The first-order valence-electron chi connectivity index (χ1n) is 7.15. The van der Waals surface area contributed by atoms with Crippen molar-refractivity contribution in [3.05, 3.63) is 36.2 Å². The third-order valence-corrected chi connectivity index (χ3v) is 4.32. The average Bonchev–Trinajstić information content (AvgIpc) is 2.93. The molecule has 0 saturated heterocycles. The van der Waals surface area contributed by atoms with Crippen molar-refractivity contribution < 1.29 is 9.47 Å². The maximum atomic E-state index is 5.76. The van der Waals surface area contributed by atoms with Crippen LogP contribution in [0.4, 0.5) is 16.8 Å². The van der Waals surface area contributed by atoms with Crippen molar-refractivity contribution in [1.29, 1.82) is 0 Å². The fourth-order valence-corrected chi connectivity index (χ4v) is 3.01. The van der Waals surface area contributed by atoms with E-state index in [4.69, 9.17) is 15.2 Å². The molecule has 0 aliphatic rings. The van der Waals surface area contributed by atoms with Crippen molar-refractivity contribution in [2.24, 2.45) is 0 Å². The average molecular weight is 343 g/mol. The molecule has 3 rings (SSSR count). The number of ether oxygens (including phenoxy) is 2. The largest absolute Gasteiger partial charge is 0.497 e. The lowest BCUT2D eigenvalue weighted by molar-refractivity contribution is 0.395. The van der Waals surface area contributed by atoms with Crippen molar-refractivity contribution >= 4 is 28.1 Å². The van der Waals surface area contributed by atoms with Crippen LogP contribution in [0.25, 0.3) is 10.6 Å². The van der Waals surface area contributed by atoms with Crippen LogP contribution in [0.15, 0.2) is 30.5 Å². The van der Waals surface area contributed by atoms with Crippen LogP contribution in [0.2, 0.25) is 0 Å². The number of nitrogen functional groups attached to an aromatic ring is 1. The number of hydrogen-bond donors (Lipinski definition) is 2. The molecule has 0 unspecified atom stereocenters. The van der Waals surface area contributed by atoms with Crippen LogP contribution in [0, 0.1) is 6.92 Å². The first kappa shape index (κ1) is 16.0. The predicted molar refractivity (Wildman–Crippen MR) is 95.1 cm³/mol. The molecule has 8 heteroatoms. The number of anilines is 3. The molecule has 2 heterocycles. The van der Waals surface area contributed by atoms with E-state index in [2.05, 4.69) is 20.3 Å². The highest BCUT2D eigenvalue weighted by Crippen LogP contribution is 2.31. The molecule has 0 radical (unpaired) electrons. The molecule has 0 saturated carbocycles. The van der Waals surface area contributed by atoms with Crippen LogP contribution < -0.4 is 20.5 Å². The Kier molecular flexibility index (Phi) is 4.48. The van der Waals surface area contributed by atoms with Crippen LogP contribution >= 0.6 is 11.3 Å². The number of methoxy groups -OCH3 is 2. The molecule has 124 valence electrons. The minimum absolute atomic E-state index is 0.467. The first-order chi connectivity index (χ1) is 11.6. The maximum Gasteiger partial charge on any atom is 0.227 e. The number of nitrogens with zero attached hydrogens (tertiary/aromatic N) is 3. The topological polar surface area (TPSA) is 95.2 Å². The Morgan fingerprint density at radius 3 is 2.38 bits per heavy atom. The molecular formula is C16H17N5O2S. The van der Waals surface area contributed by atoms with Crippen LogP contribution in [0.5, 0.6) is 11.5 Å². The lowest BCUT2D eigenvalue weighted by Crippen LogP contribution is -1.99. The smallest absolute Gasteiger partial charge is 0.227 e. The van der Waals surface area contributed by atoms with E-state index in [1.165, 1.54) is 11.3 Å². The number of hydrogen-bond acceptors (Lipinski definition) is 8. The summed E-state index contributed by atoms with van der Waals surface area (Å²) in [4.78, 5) is 14.0. The van der Waals surface area contributed by atoms with Crippen LogP contribution in [0.1, 0.15) is 5.69 Å². The van der Waals surface area contributed by atoms with E-state index in [0.29, 0.717) is 22.6 Å². The minimum Gasteiger partial charge on any atom is -0.497 e. The Bertz CT molecular complexity index is 843. The Hall–Kier alpha value is -2.87. The third kappa shape index (κ3) is 3.38. The standard InChI is InChI=1S/C16H17N5O2S/c1-9-14(24-15(17)19-9)13-4-5-18-16(21-13)20-10-6-11(22-2)8-12(7-10)23-3/h4-8H,1-3H3,(H2,17,19)(H,18,20,21). The third-order valence-electron chi connectivity index (χ3n) is 3.31. The van der Waals surface area contributed by atoms with Crippen LogP contribution in [-0.4, -0.2) is 29.2 Å². The lowest BCUT2D eigenvalue weighted by Gasteiger charge is -2.10. The second-order valence-electron chi connectivity index (χ2n) is 4.96. The van der Waals surface area contributed by atoms with Crippen molar-refractivity contribution in [3.63, 3.8) is 0 Å². The van der Waals surface area contributed by atoms with Gasteiger partial charge in [-0.3, -0.25) is 0 Å².